The third-order valence-corrected chi connectivity index (χ3v) is 2.66. The molecule has 0 saturated heterocycles. The van der Waals surface area contributed by atoms with Crippen LogP contribution in [0, 0.1) is 6.92 Å². The minimum absolute atomic E-state index is 0.0969. The smallest absolute Gasteiger partial charge is 0.260 e. The first kappa shape index (κ1) is 14.5. The molecular formula is C14H22N2O2. The van der Waals surface area contributed by atoms with Gasteiger partial charge >= 0.3 is 0 Å². The number of amides is 1. The first-order valence-corrected chi connectivity index (χ1v) is 6.32. The lowest BCUT2D eigenvalue weighted by Gasteiger charge is -2.17. The number of carbonyl (C=O) groups is 1. The summed E-state index contributed by atoms with van der Waals surface area (Å²) in [6.45, 7) is 6.83. The Morgan fingerprint density at radius 2 is 2.22 bits per heavy atom. The predicted octanol–water partition coefficient (Wildman–Crippen LogP) is 1.75. The first-order valence-electron chi connectivity index (χ1n) is 6.32. The van der Waals surface area contributed by atoms with Gasteiger partial charge in [0.05, 0.1) is 0 Å². The van der Waals surface area contributed by atoms with Crippen LogP contribution in [0.15, 0.2) is 18.2 Å². The maximum absolute atomic E-state index is 11.7. The zero-order valence-corrected chi connectivity index (χ0v) is 11.3. The molecule has 0 saturated carbocycles. The summed E-state index contributed by atoms with van der Waals surface area (Å²) in [5, 5.41) is 2.81. The molecule has 18 heavy (non-hydrogen) atoms. The van der Waals surface area contributed by atoms with Gasteiger partial charge in [-0.3, -0.25) is 4.79 Å². The number of carbonyl (C=O) groups excluding carboxylic acids is 1. The fourth-order valence-corrected chi connectivity index (χ4v) is 1.62. The van der Waals surface area contributed by atoms with Crippen LogP contribution in [0.3, 0.4) is 0 Å². The maximum atomic E-state index is 11.7. The van der Waals surface area contributed by atoms with Crippen molar-refractivity contribution in [2.45, 2.75) is 39.8 Å². The Morgan fingerprint density at radius 1 is 1.50 bits per heavy atom. The second kappa shape index (κ2) is 7.01. The van der Waals surface area contributed by atoms with Gasteiger partial charge in [0.2, 0.25) is 0 Å². The normalized spacial score (nSPS) is 12.0. The molecule has 4 heteroatoms. The number of nitrogens with one attached hydrogen (secondary N) is 1. The number of nitrogens with two attached hydrogens (primary N) is 1. The molecular weight excluding hydrogens is 228 g/mol. The number of hydrogen-bond donors (Lipinski definition) is 2. The van der Waals surface area contributed by atoms with E-state index in [0.717, 1.165) is 17.5 Å². The minimum atomic E-state index is -0.510. The second-order valence-electron chi connectivity index (χ2n) is 4.37. The number of ether oxygens (including phenoxy) is 1. The van der Waals surface area contributed by atoms with Crippen LogP contribution in [0.1, 0.15) is 31.4 Å². The molecule has 1 amide bonds. The molecule has 0 aliphatic carbocycles. The van der Waals surface area contributed by atoms with Gasteiger partial charge in [-0.2, -0.15) is 0 Å². The molecule has 0 radical (unpaired) electrons. The lowest BCUT2D eigenvalue weighted by molar-refractivity contribution is -0.127. The lowest BCUT2D eigenvalue weighted by Crippen LogP contribution is -2.36. The van der Waals surface area contributed by atoms with Crippen molar-refractivity contribution in [3.05, 3.63) is 29.3 Å². The molecule has 1 unspecified atom stereocenters. The van der Waals surface area contributed by atoms with Gasteiger partial charge in [-0.25, -0.2) is 0 Å². The van der Waals surface area contributed by atoms with Crippen LogP contribution >= 0.6 is 0 Å². The van der Waals surface area contributed by atoms with E-state index in [2.05, 4.69) is 5.32 Å². The van der Waals surface area contributed by atoms with Gasteiger partial charge in [-0.05, 0) is 26.3 Å². The molecule has 0 aliphatic heterocycles. The maximum Gasteiger partial charge on any atom is 0.260 e. The van der Waals surface area contributed by atoms with E-state index in [0.29, 0.717) is 18.8 Å². The summed E-state index contributed by atoms with van der Waals surface area (Å²) in [6.07, 6.45) is 0.404. The Kier molecular flexibility index (Phi) is 5.65. The van der Waals surface area contributed by atoms with Gasteiger partial charge in [0.1, 0.15) is 5.75 Å². The molecule has 1 atom stereocenters. The summed E-state index contributed by atoms with van der Waals surface area (Å²) in [5.41, 5.74) is 7.72. The van der Waals surface area contributed by atoms with Crippen molar-refractivity contribution >= 4 is 5.91 Å². The SMILES string of the molecule is CCCNC(=O)C(C)Oc1ccc(C)cc1CN. The summed E-state index contributed by atoms with van der Waals surface area (Å²) in [7, 11) is 0. The van der Waals surface area contributed by atoms with E-state index in [1.807, 2.05) is 32.0 Å². The molecule has 1 aromatic rings. The molecule has 0 fully saturated rings. The average Bonchev–Trinajstić information content (AvgIpc) is 2.37. The summed E-state index contributed by atoms with van der Waals surface area (Å²) in [6, 6.07) is 5.79. The van der Waals surface area contributed by atoms with Gasteiger partial charge in [-0.1, -0.05) is 24.6 Å². The van der Waals surface area contributed by atoms with Gasteiger partial charge in [0.15, 0.2) is 6.10 Å². The van der Waals surface area contributed by atoms with E-state index >= 15 is 0 Å². The van der Waals surface area contributed by atoms with Crippen LogP contribution in [-0.2, 0) is 11.3 Å². The van der Waals surface area contributed by atoms with Gasteiger partial charge < -0.3 is 15.8 Å². The van der Waals surface area contributed by atoms with E-state index < -0.39 is 6.10 Å². The van der Waals surface area contributed by atoms with Crippen LogP contribution in [0.5, 0.6) is 5.75 Å². The van der Waals surface area contributed by atoms with Crippen molar-refractivity contribution in [2.24, 2.45) is 5.73 Å². The average molecular weight is 250 g/mol. The van der Waals surface area contributed by atoms with Crippen molar-refractivity contribution in [3.63, 3.8) is 0 Å². The molecule has 0 aliphatic rings. The zero-order chi connectivity index (χ0) is 13.5. The molecule has 0 spiro atoms. The van der Waals surface area contributed by atoms with Crippen LogP contribution in [0.2, 0.25) is 0 Å². The van der Waals surface area contributed by atoms with E-state index in [1.54, 1.807) is 6.92 Å². The molecule has 100 valence electrons. The second-order valence-corrected chi connectivity index (χ2v) is 4.37. The Balaban J connectivity index is 2.69. The van der Waals surface area contributed by atoms with Crippen molar-refractivity contribution in [3.8, 4) is 5.75 Å². The van der Waals surface area contributed by atoms with E-state index in [-0.39, 0.29) is 5.91 Å². The number of rotatable bonds is 6. The molecule has 1 aromatic carbocycles. The van der Waals surface area contributed by atoms with Gasteiger partial charge in [0, 0.05) is 18.7 Å². The van der Waals surface area contributed by atoms with E-state index in [1.165, 1.54) is 0 Å². The highest BCUT2D eigenvalue weighted by Gasteiger charge is 2.15. The van der Waals surface area contributed by atoms with Crippen LogP contribution in [0.4, 0.5) is 0 Å². The number of hydrogen-bond acceptors (Lipinski definition) is 3. The highest BCUT2D eigenvalue weighted by molar-refractivity contribution is 5.80. The highest BCUT2D eigenvalue weighted by atomic mass is 16.5. The molecule has 1 rings (SSSR count). The van der Waals surface area contributed by atoms with Gasteiger partial charge in [-0.15, -0.1) is 0 Å². The van der Waals surface area contributed by atoms with Crippen LogP contribution in [-0.4, -0.2) is 18.6 Å². The Labute approximate surface area is 109 Å². The minimum Gasteiger partial charge on any atom is -0.481 e. The van der Waals surface area contributed by atoms with Crippen molar-refractivity contribution in [1.29, 1.82) is 0 Å². The summed E-state index contributed by atoms with van der Waals surface area (Å²) >= 11 is 0. The Hall–Kier alpha value is -1.55. The van der Waals surface area contributed by atoms with E-state index in [4.69, 9.17) is 10.5 Å². The highest BCUT2D eigenvalue weighted by Crippen LogP contribution is 2.20. The van der Waals surface area contributed by atoms with Gasteiger partial charge in [0.25, 0.3) is 5.91 Å². The largest absolute Gasteiger partial charge is 0.481 e. The molecule has 3 N–H and O–H groups in total. The third-order valence-electron chi connectivity index (χ3n) is 2.66. The first-order chi connectivity index (χ1) is 8.58. The van der Waals surface area contributed by atoms with Crippen LogP contribution < -0.4 is 15.8 Å². The molecule has 0 aromatic heterocycles. The molecule has 4 nitrogen and oxygen atoms in total. The van der Waals surface area contributed by atoms with Crippen molar-refractivity contribution in [2.75, 3.05) is 6.54 Å². The standard InChI is InChI=1S/C14H22N2O2/c1-4-7-16-14(17)11(3)18-13-6-5-10(2)8-12(13)9-15/h5-6,8,11H,4,7,9,15H2,1-3H3,(H,16,17). The fraction of sp³-hybridized carbons (Fsp3) is 0.500. The molecule has 0 heterocycles. The Morgan fingerprint density at radius 3 is 2.83 bits per heavy atom. The number of benzene rings is 1. The quantitative estimate of drug-likeness (QED) is 0.808. The lowest BCUT2D eigenvalue weighted by atomic mass is 10.1. The monoisotopic (exact) mass is 250 g/mol. The number of aryl methyl sites for hydroxylation is 1. The molecule has 0 bridgehead atoms. The zero-order valence-electron chi connectivity index (χ0n) is 11.3. The summed E-state index contributed by atoms with van der Waals surface area (Å²) in [4.78, 5) is 11.7. The van der Waals surface area contributed by atoms with Crippen LogP contribution in [0.25, 0.3) is 0 Å². The summed E-state index contributed by atoms with van der Waals surface area (Å²) in [5.74, 6) is 0.586. The Bertz CT molecular complexity index is 405. The fourth-order valence-electron chi connectivity index (χ4n) is 1.62. The summed E-state index contributed by atoms with van der Waals surface area (Å²) < 4.78 is 5.66. The third kappa shape index (κ3) is 4.04. The predicted molar refractivity (Wildman–Crippen MR) is 72.5 cm³/mol. The van der Waals surface area contributed by atoms with Crippen molar-refractivity contribution in [1.82, 2.24) is 5.32 Å². The van der Waals surface area contributed by atoms with E-state index in [9.17, 15) is 4.79 Å². The van der Waals surface area contributed by atoms with Crippen molar-refractivity contribution < 1.29 is 9.53 Å². The topological polar surface area (TPSA) is 64.3 Å².